The number of halogens is 2. The van der Waals surface area contributed by atoms with Crippen LogP contribution in [0, 0.1) is 18.6 Å². The zero-order valence-electron chi connectivity index (χ0n) is 19.0. The first-order chi connectivity index (χ1) is 15.6. The molecule has 0 spiro atoms. The number of ether oxygens (including phenoxy) is 2. The number of amides is 1. The van der Waals surface area contributed by atoms with Gasteiger partial charge in [0.05, 0.1) is 23.1 Å². The van der Waals surface area contributed by atoms with Crippen LogP contribution in [0.2, 0.25) is 0 Å². The molecule has 1 fully saturated rings. The molecule has 3 aromatic rings. The second-order valence-electron chi connectivity index (χ2n) is 9.08. The number of carbonyl (C=O) groups excluding carboxylic acids is 1. The predicted molar refractivity (Wildman–Crippen MR) is 121 cm³/mol. The Labute approximate surface area is 190 Å². The van der Waals surface area contributed by atoms with Gasteiger partial charge in [0.2, 0.25) is 0 Å². The maximum atomic E-state index is 14.7. The van der Waals surface area contributed by atoms with Gasteiger partial charge in [0.1, 0.15) is 41.2 Å². The summed E-state index contributed by atoms with van der Waals surface area (Å²) < 4.78 is 40.2. The van der Waals surface area contributed by atoms with Gasteiger partial charge in [0.25, 0.3) is 0 Å². The van der Waals surface area contributed by atoms with E-state index in [1.165, 1.54) is 30.6 Å². The Kier molecular flexibility index (Phi) is 6.05. The van der Waals surface area contributed by atoms with Crippen LogP contribution in [0.3, 0.4) is 0 Å². The summed E-state index contributed by atoms with van der Waals surface area (Å²) in [5.74, 6) is -0.450. The van der Waals surface area contributed by atoms with Gasteiger partial charge >= 0.3 is 6.09 Å². The van der Waals surface area contributed by atoms with Gasteiger partial charge < -0.3 is 19.7 Å². The summed E-state index contributed by atoms with van der Waals surface area (Å²) in [6.07, 6.45) is 1.15. The summed E-state index contributed by atoms with van der Waals surface area (Å²) in [5.41, 5.74) is 1.03. The van der Waals surface area contributed by atoms with Crippen molar-refractivity contribution in [2.24, 2.45) is 0 Å². The number of nitrogens with one attached hydrogen (secondary N) is 1. The van der Waals surface area contributed by atoms with Crippen LogP contribution >= 0.6 is 0 Å². The van der Waals surface area contributed by atoms with Crippen LogP contribution in [0.15, 0.2) is 36.7 Å². The molecule has 0 saturated carbocycles. The average Bonchev–Trinajstić information content (AvgIpc) is 3.17. The summed E-state index contributed by atoms with van der Waals surface area (Å²) in [6, 6.07) is 7.20. The van der Waals surface area contributed by atoms with Gasteiger partial charge in [-0.25, -0.2) is 23.5 Å². The Morgan fingerprint density at radius 3 is 2.73 bits per heavy atom. The zero-order chi connectivity index (χ0) is 23.8. The third kappa shape index (κ3) is 5.30. The van der Waals surface area contributed by atoms with Gasteiger partial charge in [-0.05, 0) is 57.5 Å². The van der Waals surface area contributed by atoms with Crippen molar-refractivity contribution < 1.29 is 23.0 Å². The fraction of sp³-hybridized carbons (Fsp3) is 0.375. The van der Waals surface area contributed by atoms with Gasteiger partial charge in [-0.2, -0.15) is 0 Å². The molecule has 1 aliphatic heterocycles. The van der Waals surface area contributed by atoms with Crippen molar-refractivity contribution in [1.82, 2.24) is 14.9 Å². The first-order valence-corrected chi connectivity index (χ1v) is 10.7. The number of benzene rings is 2. The SMILES string of the molecule is Cc1cc(F)c2c(Nc3ccc(F)cc3OC3CCN(C(=O)OC(C)(C)C)C3)ncnc2c1. The molecule has 1 atom stereocenters. The van der Waals surface area contributed by atoms with E-state index < -0.39 is 23.3 Å². The number of anilines is 2. The molecule has 174 valence electrons. The van der Waals surface area contributed by atoms with Crippen molar-refractivity contribution in [3.8, 4) is 5.75 Å². The molecular formula is C24H26F2N4O3. The van der Waals surface area contributed by atoms with Crippen molar-refractivity contribution in [3.63, 3.8) is 0 Å². The molecular weight excluding hydrogens is 430 g/mol. The van der Waals surface area contributed by atoms with E-state index in [1.807, 2.05) is 0 Å². The second kappa shape index (κ2) is 8.80. The van der Waals surface area contributed by atoms with Gasteiger partial charge in [0.15, 0.2) is 0 Å². The number of fused-ring (bicyclic) bond motifs is 1. The minimum absolute atomic E-state index is 0.232. The molecule has 1 amide bonds. The van der Waals surface area contributed by atoms with E-state index in [0.717, 1.165) is 5.56 Å². The van der Waals surface area contributed by atoms with Crippen LogP contribution in [0.25, 0.3) is 10.9 Å². The summed E-state index contributed by atoms with van der Waals surface area (Å²) in [4.78, 5) is 22.2. The van der Waals surface area contributed by atoms with Crippen molar-refractivity contribution in [1.29, 1.82) is 0 Å². The van der Waals surface area contributed by atoms with E-state index in [9.17, 15) is 13.6 Å². The van der Waals surface area contributed by atoms with Crippen molar-refractivity contribution in [2.75, 3.05) is 18.4 Å². The number of carbonyl (C=O) groups is 1. The minimum Gasteiger partial charge on any atom is -0.486 e. The van der Waals surface area contributed by atoms with Crippen molar-refractivity contribution in [3.05, 3.63) is 53.9 Å². The minimum atomic E-state index is -0.593. The fourth-order valence-electron chi connectivity index (χ4n) is 3.69. The monoisotopic (exact) mass is 456 g/mol. The van der Waals surface area contributed by atoms with Crippen molar-refractivity contribution >= 4 is 28.5 Å². The molecule has 0 bridgehead atoms. The Balaban J connectivity index is 1.55. The Bertz CT molecular complexity index is 1200. The third-order valence-electron chi connectivity index (χ3n) is 5.12. The number of rotatable bonds is 4. The quantitative estimate of drug-likeness (QED) is 0.571. The smallest absolute Gasteiger partial charge is 0.410 e. The van der Waals surface area contributed by atoms with E-state index in [0.29, 0.717) is 30.7 Å². The highest BCUT2D eigenvalue weighted by Gasteiger charge is 2.31. The molecule has 1 aliphatic rings. The standard InChI is InChI=1S/C24H26F2N4O3/c1-14-9-17(26)21-19(10-14)27-13-28-22(21)29-18-6-5-15(25)11-20(18)32-16-7-8-30(12-16)23(31)33-24(2,3)4/h5-6,9-11,13,16H,7-8,12H2,1-4H3,(H,27,28,29). The molecule has 1 aromatic heterocycles. The average molecular weight is 456 g/mol. The first-order valence-electron chi connectivity index (χ1n) is 10.7. The van der Waals surface area contributed by atoms with Gasteiger partial charge in [-0.15, -0.1) is 0 Å². The van der Waals surface area contributed by atoms with Crippen molar-refractivity contribution in [2.45, 2.75) is 45.8 Å². The normalized spacial score (nSPS) is 16.2. The van der Waals surface area contributed by atoms with Crippen LogP contribution in [-0.2, 0) is 4.74 Å². The fourth-order valence-corrected chi connectivity index (χ4v) is 3.69. The molecule has 2 aromatic carbocycles. The lowest BCUT2D eigenvalue weighted by molar-refractivity contribution is 0.0276. The lowest BCUT2D eigenvalue weighted by atomic mass is 10.1. The molecule has 1 N–H and O–H groups in total. The van der Waals surface area contributed by atoms with E-state index in [2.05, 4.69) is 15.3 Å². The third-order valence-corrected chi connectivity index (χ3v) is 5.12. The van der Waals surface area contributed by atoms with Gasteiger partial charge in [-0.1, -0.05) is 0 Å². The van der Waals surface area contributed by atoms with E-state index >= 15 is 0 Å². The summed E-state index contributed by atoms with van der Waals surface area (Å²) in [7, 11) is 0. The molecule has 1 saturated heterocycles. The summed E-state index contributed by atoms with van der Waals surface area (Å²) in [6.45, 7) is 7.99. The Morgan fingerprint density at radius 1 is 1.18 bits per heavy atom. The molecule has 33 heavy (non-hydrogen) atoms. The maximum absolute atomic E-state index is 14.7. The van der Waals surface area contributed by atoms with Crippen LogP contribution in [-0.4, -0.2) is 45.8 Å². The number of hydrogen-bond acceptors (Lipinski definition) is 6. The number of nitrogens with zero attached hydrogens (tertiary/aromatic N) is 3. The lowest BCUT2D eigenvalue weighted by Gasteiger charge is -2.24. The zero-order valence-corrected chi connectivity index (χ0v) is 19.0. The Morgan fingerprint density at radius 2 is 1.97 bits per heavy atom. The van der Waals surface area contributed by atoms with Crippen LogP contribution in [0.1, 0.15) is 32.8 Å². The van der Waals surface area contributed by atoms with Gasteiger partial charge in [-0.3, -0.25) is 0 Å². The number of aromatic nitrogens is 2. The van der Waals surface area contributed by atoms with Crippen LogP contribution < -0.4 is 10.1 Å². The first kappa shape index (κ1) is 22.7. The predicted octanol–water partition coefficient (Wildman–Crippen LogP) is 5.35. The van der Waals surface area contributed by atoms with E-state index in [-0.39, 0.29) is 23.1 Å². The molecule has 4 rings (SSSR count). The molecule has 0 aliphatic carbocycles. The summed E-state index contributed by atoms with van der Waals surface area (Å²) in [5, 5.41) is 3.29. The molecule has 7 nitrogen and oxygen atoms in total. The molecule has 9 heteroatoms. The lowest BCUT2D eigenvalue weighted by Crippen LogP contribution is -2.36. The molecule has 1 unspecified atom stereocenters. The Hall–Kier alpha value is -3.49. The molecule has 0 radical (unpaired) electrons. The van der Waals surface area contributed by atoms with Crippen LogP contribution in [0.5, 0.6) is 5.75 Å². The largest absolute Gasteiger partial charge is 0.486 e. The van der Waals surface area contributed by atoms with E-state index in [4.69, 9.17) is 9.47 Å². The van der Waals surface area contributed by atoms with Gasteiger partial charge in [0, 0.05) is 19.0 Å². The second-order valence-corrected chi connectivity index (χ2v) is 9.08. The highest BCUT2D eigenvalue weighted by atomic mass is 19.1. The molecule has 2 heterocycles. The maximum Gasteiger partial charge on any atom is 0.410 e. The number of aryl methyl sites for hydroxylation is 1. The highest BCUT2D eigenvalue weighted by molar-refractivity contribution is 5.92. The summed E-state index contributed by atoms with van der Waals surface area (Å²) >= 11 is 0. The number of hydrogen-bond donors (Lipinski definition) is 1. The highest BCUT2D eigenvalue weighted by Crippen LogP contribution is 2.33. The topological polar surface area (TPSA) is 76.6 Å². The van der Waals surface area contributed by atoms with Crippen LogP contribution in [0.4, 0.5) is 25.1 Å². The van der Waals surface area contributed by atoms with E-state index in [1.54, 1.807) is 38.7 Å². The number of likely N-dealkylation sites (tertiary alicyclic amines) is 1.